The second-order valence-electron chi connectivity index (χ2n) is 9.92. The topological polar surface area (TPSA) is 82.8 Å². The number of carbonyl (C=O) groups is 1. The number of halogens is 1. The van der Waals surface area contributed by atoms with E-state index in [9.17, 15) is 4.79 Å². The largest absolute Gasteiger partial charge is 0.457 e. The fraction of sp³-hybridized carbons (Fsp3) is 0.147. The molecule has 0 radical (unpaired) electrons. The molecule has 1 aliphatic rings. The zero-order valence-corrected chi connectivity index (χ0v) is 25.8. The number of thiazole rings is 1. The third-order valence-electron chi connectivity index (χ3n) is 7.13. The van der Waals surface area contributed by atoms with E-state index in [1.807, 2.05) is 91.0 Å². The van der Waals surface area contributed by atoms with E-state index in [-0.39, 0.29) is 5.91 Å². The Labute approximate surface area is 265 Å². The number of benzene rings is 4. The number of fused-ring (bicyclic) bond motifs is 1. The van der Waals surface area contributed by atoms with Gasteiger partial charge in [0.1, 0.15) is 22.9 Å². The Balaban J connectivity index is 1.30. The maximum absolute atomic E-state index is 13.7. The molecule has 0 bridgehead atoms. The van der Waals surface area contributed by atoms with Gasteiger partial charge in [-0.05, 0) is 67.7 Å². The minimum Gasteiger partial charge on any atom is -0.457 e. The third-order valence-corrected chi connectivity index (χ3v) is 8.21. The molecule has 1 amide bonds. The summed E-state index contributed by atoms with van der Waals surface area (Å²) in [5, 5.41) is 10.7. The highest BCUT2D eigenvalue weighted by molar-refractivity contribution is 7.19. The van der Waals surface area contributed by atoms with Crippen LogP contribution >= 0.6 is 22.9 Å². The Morgan fingerprint density at radius 3 is 2.20 bits per heavy atom. The number of aromatic nitrogens is 1. The molecular weight excluding hydrogens is 592 g/mol. The van der Waals surface area contributed by atoms with Crippen molar-refractivity contribution in [2.75, 3.05) is 24.7 Å². The molecule has 1 aromatic heterocycles. The van der Waals surface area contributed by atoms with E-state index in [2.05, 4.69) is 29.0 Å². The molecule has 44 heavy (non-hydrogen) atoms. The van der Waals surface area contributed by atoms with Gasteiger partial charge in [0.05, 0.1) is 18.0 Å². The molecule has 2 heterocycles. The molecule has 0 saturated carbocycles. The molecular formula is C34H29ClN6O2S. The van der Waals surface area contributed by atoms with Crippen LogP contribution in [0.1, 0.15) is 19.4 Å². The van der Waals surface area contributed by atoms with Crippen molar-refractivity contribution >= 4 is 56.1 Å². The number of hydrogen-bond donors (Lipinski definition) is 0. The number of amides is 1. The number of rotatable bonds is 10. The van der Waals surface area contributed by atoms with Crippen LogP contribution in [-0.2, 0) is 4.79 Å². The number of aliphatic imine (C=N–C) groups is 1. The van der Waals surface area contributed by atoms with Gasteiger partial charge in [-0.2, -0.15) is 0 Å². The van der Waals surface area contributed by atoms with E-state index in [0.29, 0.717) is 50.4 Å². The molecule has 4 aromatic carbocycles. The fourth-order valence-electron chi connectivity index (χ4n) is 4.75. The van der Waals surface area contributed by atoms with Crippen molar-refractivity contribution in [2.45, 2.75) is 13.8 Å². The van der Waals surface area contributed by atoms with Gasteiger partial charge < -0.3 is 4.74 Å². The van der Waals surface area contributed by atoms with Crippen LogP contribution in [0.3, 0.4) is 0 Å². The lowest BCUT2D eigenvalue weighted by atomic mass is 10.1. The summed E-state index contributed by atoms with van der Waals surface area (Å²) in [5.74, 6) is 1.22. The van der Waals surface area contributed by atoms with E-state index in [1.165, 1.54) is 11.3 Å². The van der Waals surface area contributed by atoms with Crippen molar-refractivity contribution < 1.29 is 9.53 Å². The van der Waals surface area contributed by atoms with E-state index < -0.39 is 0 Å². The fourth-order valence-corrected chi connectivity index (χ4v) is 5.67. The van der Waals surface area contributed by atoms with Crippen LogP contribution in [0.15, 0.2) is 118 Å². The van der Waals surface area contributed by atoms with Crippen LogP contribution in [0.4, 0.5) is 21.5 Å². The predicted octanol–water partition coefficient (Wildman–Crippen LogP) is 9.44. The molecule has 0 aliphatic carbocycles. The normalized spacial score (nSPS) is 13.8. The summed E-state index contributed by atoms with van der Waals surface area (Å²) in [6, 6.07) is 32.0. The van der Waals surface area contributed by atoms with Crippen molar-refractivity contribution in [1.29, 1.82) is 0 Å². The first kappa shape index (κ1) is 29.4. The van der Waals surface area contributed by atoms with E-state index in [4.69, 9.17) is 26.3 Å². The second-order valence-corrected chi connectivity index (χ2v) is 11.3. The summed E-state index contributed by atoms with van der Waals surface area (Å²) in [5.41, 5.74) is 4.22. The Morgan fingerprint density at radius 2 is 1.50 bits per heavy atom. The van der Waals surface area contributed by atoms with Gasteiger partial charge in [-0.3, -0.25) is 14.6 Å². The highest BCUT2D eigenvalue weighted by Crippen LogP contribution is 2.41. The van der Waals surface area contributed by atoms with Gasteiger partial charge in [0.15, 0.2) is 5.00 Å². The van der Waals surface area contributed by atoms with Gasteiger partial charge in [0, 0.05) is 16.1 Å². The van der Waals surface area contributed by atoms with Gasteiger partial charge in [-0.1, -0.05) is 85.3 Å². The summed E-state index contributed by atoms with van der Waals surface area (Å²) in [6.07, 6.45) is 0. The monoisotopic (exact) mass is 620 g/mol. The lowest BCUT2D eigenvalue weighted by molar-refractivity contribution is -0.112. The molecule has 0 fully saturated rings. The molecule has 8 nitrogen and oxygen atoms in total. The summed E-state index contributed by atoms with van der Waals surface area (Å²) in [4.78, 5) is 27.2. The lowest BCUT2D eigenvalue weighted by Gasteiger charge is -2.25. The van der Waals surface area contributed by atoms with Crippen LogP contribution in [-0.4, -0.2) is 41.3 Å². The average Bonchev–Trinajstić information content (AvgIpc) is 3.59. The average molecular weight is 621 g/mol. The van der Waals surface area contributed by atoms with E-state index in [1.54, 1.807) is 17.0 Å². The molecule has 220 valence electrons. The number of para-hydroxylation sites is 1. The molecule has 6 rings (SSSR count). The first-order valence-electron chi connectivity index (χ1n) is 14.3. The van der Waals surface area contributed by atoms with E-state index in [0.717, 1.165) is 29.9 Å². The van der Waals surface area contributed by atoms with Gasteiger partial charge >= 0.3 is 0 Å². The molecule has 0 spiro atoms. The van der Waals surface area contributed by atoms with Gasteiger partial charge in [0.2, 0.25) is 5.13 Å². The van der Waals surface area contributed by atoms with Crippen molar-refractivity contribution in [3.05, 3.63) is 114 Å². The molecule has 0 N–H and O–H groups in total. The number of ether oxygens (including phenoxy) is 1. The first-order valence-corrected chi connectivity index (χ1v) is 15.5. The van der Waals surface area contributed by atoms with Crippen LogP contribution in [0.5, 0.6) is 11.5 Å². The highest BCUT2D eigenvalue weighted by Gasteiger charge is 2.34. The number of anilines is 1. The van der Waals surface area contributed by atoms with Gasteiger partial charge in [-0.25, -0.2) is 9.98 Å². The number of carbonyl (C=O) groups excluding carboxylic acids is 1. The maximum Gasteiger partial charge on any atom is 0.278 e. The van der Waals surface area contributed by atoms with Gasteiger partial charge in [-0.15, -0.1) is 10.2 Å². The highest BCUT2D eigenvalue weighted by atomic mass is 35.5. The SMILES string of the molecule is CCN(CC)CN1C(=O)/C(=N/c2nc(-c3ccccc3)c(N=Nc3ccc(Oc4ccc(Cl)cc4)cc3)s2)c2ccccc21. The lowest BCUT2D eigenvalue weighted by Crippen LogP contribution is -2.41. The van der Waals surface area contributed by atoms with E-state index >= 15 is 0 Å². The van der Waals surface area contributed by atoms with Crippen LogP contribution in [0, 0.1) is 0 Å². The van der Waals surface area contributed by atoms with Gasteiger partial charge in [0.25, 0.3) is 5.91 Å². The Hall–Kier alpha value is -4.70. The maximum atomic E-state index is 13.7. The van der Waals surface area contributed by atoms with Crippen LogP contribution < -0.4 is 9.64 Å². The molecule has 0 saturated heterocycles. The molecule has 10 heteroatoms. The Kier molecular flexibility index (Phi) is 8.88. The number of azo groups is 1. The standard InChI is InChI=1S/C34H29ClN6O2S/c1-3-40(4-2)22-41-29-13-9-8-12-28(29)31(33(41)42)37-34-36-30(23-10-6-5-7-11-23)32(44-34)39-38-25-16-20-27(21-17-25)43-26-18-14-24(35)15-19-26/h5-21H,3-4,22H2,1-2H3/b37-31+,39-38?. The summed E-state index contributed by atoms with van der Waals surface area (Å²) >= 11 is 7.26. The quantitative estimate of drug-likeness (QED) is 0.146. The number of nitrogens with zero attached hydrogens (tertiary/aromatic N) is 6. The smallest absolute Gasteiger partial charge is 0.278 e. The van der Waals surface area contributed by atoms with Crippen molar-refractivity contribution in [2.24, 2.45) is 15.2 Å². The third kappa shape index (κ3) is 6.45. The molecule has 0 unspecified atom stereocenters. The van der Waals surface area contributed by atoms with Crippen LogP contribution in [0.2, 0.25) is 5.02 Å². The summed E-state index contributed by atoms with van der Waals surface area (Å²) in [7, 11) is 0. The van der Waals surface area contributed by atoms with Crippen molar-refractivity contribution in [3.8, 4) is 22.8 Å². The second kappa shape index (κ2) is 13.3. The van der Waals surface area contributed by atoms with Crippen molar-refractivity contribution in [3.63, 3.8) is 0 Å². The molecule has 0 atom stereocenters. The van der Waals surface area contributed by atoms with Crippen molar-refractivity contribution in [1.82, 2.24) is 9.88 Å². The molecule has 5 aromatic rings. The minimum absolute atomic E-state index is 0.140. The zero-order valence-electron chi connectivity index (χ0n) is 24.2. The Morgan fingerprint density at radius 1 is 0.841 bits per heavy atom. The zero-order chi connectivity index (χ0) is 30.5. The summed E-state index contributed by atoms with van der Waals surface area (Å²) < 4.78 is 5.88. The Bertz CT molecular complexity index is 1820. The molecule has 1 aliphatic heterocycles. The first-order chi connectivity index (χ1) is 21.5. The van der Waals surface area contributed by atoms with Crippen LogP contribution in [0.25, 0.3) is 11.3 Å². The minimum atomic E-state index is -0.140. The number of hydrogen-bond acceptors (Lipinski definition) is 8. The predicted molar refractivity (Wildman–Crippen MR) is 178 cm³/mol. The summed E-state index contributed by atoms with van der Waals surface area (Å²) in [6.45, 7) is 6.36.